The summed E-state index contributed by atoms with van der Waals surface area (Å²) in [4.78, 5) is 35.7. The first-order valence-corrected chi connectivity index (χ1v) is 10.8. The normalized spacial score (nSPS) is 10.7. The highest BCUT2D eigenvalue weighted by atomic mass is 16.6. The number of benzene rings is 2. The van der Waals surface area contributed by atoms with Gasteiger partial charge in [0.25, 0.3) is 11.8 Å². The number of nitrogens with one attached hydrogen (secondary N) is 2. The van der Waals surface area contributed by atoms with Crippen LogP contribution >= 0.6 is 0 Å². The van der Waals surface area contributed by atoms with Crippen molar-refractivity contribution in [2.45, 2.75) is 40.3 Å². The zero-order chi connectivity index (χ0) is 25.7. The maximum Gasteiger partial charge on any atom is 0.312 e. The van der Waals surface area contributed by atoms with Crippen molar-refractivity contribution in [1.29, 1.82) is 0 Å². The van der Waals surface area contributed by atoms with Crippen molar-refractivity contribution in [2.75, 3.05) is 7.11 Å². The number of aromatic nitrogens is 2. The van der Waals surface area contributed by atoms with E-state index in [2.05, 4.69) is 16.0 Å². The van der Waals surface area contributed by atoms with E-state index in [1.807, 2.05) is 13.8 Å². The number of nitro groups is 1. The number of hydrogen-bond donors (Lipinski definition) is 2. The average molecular weight is 482 g/mol. The molecular formula is C24H27N5O6. The van der Waals surface area contributed by atoms with Crippen molar-refractivity contribution in [3.8, 4) is 11.5 Å². The van der Waals surface area contributed by atoms with E-state index in [1.54, 1.807) is 54.9 Å². The number of amides is 2. The van der Waals surface area contributed by atoms with Crippen molar-refractivity contribution in [2.24, 2.45) is 0 Å². The molecule has 1 heterocycles. The summed E-state index contributed by atoms with van der Waals surface area (Å²) in [5, 5.41) is 15.4. The second-order valence-electron chi connectivity index (χ2n) is 8.07. The van der Waals surface area contributed by atoms with Crippen molar-refractivity contribution < 1.29 is 24.0 Å². The Morgan fingerprint density at radius 3 is 2.17 bits per heavy atom. The molecule has 35 heavy (non-hydrogen) atoms. The second-order valence-corrected chi connectivity index (χ2v) is 8.07. The second kappa shape index (κ2) is 10.7. The molecule has 0 aliphatic rings. The van der Waals surface area contributed by atoms with E-state index < -0.39 is 16.7 Å². The Balaban J connectivity index is 1.61. The van der Waals surface area contributed by atoms with Crippen LogP contribution in [0.15, 0.2) is 42.5 Å². The van der Waals surface area contributed by atoms with Gasteiger partial charge in [-0.1, -0.05) is 12.1 Å². The van der Waals surface area contributed by atoms with Gasteiger partial charge in [-0.15, -0.1) is 0 Å². The maximum absolute atomic E-state index is 12.5. The lowest BCUT2D eigenvalue weighted by molar-refractivity contribution is -0.386. The largest absolute Gasteiger partial charge is 0.493 e. The van der Waals surface area contributed by atoms with Crippen LogP contribution in [0.25, 0.3) is 0 Å². The van der Waals surface area contributed by atoms with E-state index in [1.165, 1.54) is 13.2 Å². The number of rotatable bonds is 8. The molecule has 1 aromatic heterocycles. The van der Waals surface area contributed by atoms with Crippen LogP contribution in [0.3, 0.4) is 0 Å². The molecule has 11 heteroatoms. The molecule has 0 spiro atoms. The van der Waals surface area contributed by atoms with Crippen LogP contribution in [-0.4, -0.2) is 39.7 Å². The summed E-state index contributed by atoms with van der Waals surface area (Å²) < 4.78 is 12.5. The van der Waals surface area contributed by atoms with Gasteiger partial charge in [0.1, 0.15) is 11.4 Å². The van der Waals surface area contributed by atoms with E-state index >= 15 is 0 Å². The van der Waals surface area contributed by atoms with Crippen LogP contribution in [0.2, 0.25) is 0 Å². The van der Waals surface area contributed by atoms with Gasteiger partial charge in [0.05, 0.1) is 24.7 Å². The molecule has 0 aliphatic heterocycles. The molecule has 2 aromatic carbocycles. The highest BCUT2D eigenvalue weighted by Gasteiger charge is 2.21. The van der Waals surface area contributed by atoms with Gasteiger partial charge >= 0.3 is 5.69 Å². The lowest BCUT2D eigenvalue weighted by Gasteiger charge is -2.14. The fourth-order valence-electron chi connectivity index (χ4n) is 3.46. The van der Waals surface area contributed by atoms with Crippen molar-refractivity contribution >= 4 is 17.5 Å². The van der Waals surface area contributed by atoms with Crippen molar-refractivity contribution in [3.63, 3.8) is 0 Å². The third-order valence-corrected chi connectivity index (χ3v) is 5.15. The van der Waals surface area contributed by atoms with Crippen LogP contribution in [0.4, 0.5) is 5.69 Å². The Morgan fingerprint density at radius 1 is 1.03 bits per heavy atom. The van der Waals surface area contributed by atoms with Gasteiger partial charge in [0, 0.05) is 11.1 Å². The first-order chi connectivity index (χ1) is 16.6. The zero-order valence-corrected chi connectivity index (χ0v) is 20.1. The summed E-state index contributed by atoms with van der Waals surface area (Å²) in [6, 6.07) is 11.4. The summed E-state index contributed by atoms with van der Waals surface area (Å²) in [5.41, 5.74) is 6.97. The van der Waals surface area contributed by atoms with E-state index in [4.69, 9.17) is 9.47 Å². The van der Waals surface area contributed by atoms with Gasteiger partial charge in [-0.2, -0.15) is 5.10 Å². The Labute approximate surface area is 202 Å². The third-order valence-electron chi connectivity index (χ3n) is 5.15. The molecule has 2 amide bonds. The summed E-state index contributed by atoms with van der Waals surface area (Å²) in [5.74, 6) is -0.103. The summed E-state index contributed by atoms with van der Waals surface area (Å²) in [7, 11) is 1.48. The van der Waals surface area contributed by atoms with E-state index in [9.17, 15) is 19.7 Å². The predicted octanol–water partition coefficient (Wildman–Crippen LogP) is 3.33. The molecule has 0 saturated heterocycles. The molecule has 0 radical (unpaired) electrons. The SMILES string of the molecule is COc1cc(C(=O)NNC(=O)c2ccc(Cn3nc(C)c([N+](=O)[O-])c3C)cc2)ccc1OC(C)C. The van der Waals surface area contributed by atoms with Crippen LogP contribution in [-0.2, 0) is 6.54 Å². The van der Waals surface area contributed by atoms with Crippen LogP contribution < -0.4 is 20.3 Å². The Hall–Kier alpha value is -4.41. The van der Waals surface area contributed by atoms with E-state index in [0.29, 0.717) is 35.0 Å². The smallest absolute Gasteiger partial charge is 0.312 e. The van der Waals surface area contributed by atoms with Crippen molar-refractivity contribution in [1.82, 2.24) is 20.6 Å². The third kappa shape index (κ3) is 5.94. The lowest BCUT2D eigenvalue weighted by Crippen LogP contribution is -2.41. The number of nitrogens with zero attached hydrogens (tertiary/aromatic N) is 3. The molecule has 0 saturated carbocycles. The molecule has 184 valence electrons. The minimum atomic E-state index is -0.518. The van der Waals surface area contributed by atoms with Gasteiger partial charge in [-0.25, -0.2) is 0 Å². The fraction of sp³-hybridized carbons (Fsp3) is 0.292. The van der Waals surface area contributed by atoms with Crippen LogP contribution in [0.1, 0.15) is 51.5 Å². The Kier molecular flexibility index (Phi) is 7.69. The molecule has 0 bridgehead atoms. The molecule has 11 nitrogen and oxygen atoms in total. The predicted molar refractivity (Wildman–Crippen MR) is 128 cm³/mol. The van der Waals surface area contributed by atoms with Gasteiger partial charge in [0.2, 0.25) is 0 Å². The maximum atomic E-state index is 12.5. The van der Waals surface area contributed by atoms with E-state index in [0.717, 1.165) is 5.56 Å². The van der Waals surface area contributed by atoms with Crippen molar-refractivity contribution in [3.05, 3.63) is 80.7 Å². The average Bonchev–Trinajstić information content (AvgIpc) is 3.10. The molecule has 0 fully saturated rings. The molecule has 0 atom stereocenters. The number of ether oxygens (including phenoxy) is 2. The standard InChI is InChI=1S/C24H27N5O6/c1-14(2)35-20-11-10-19(12-21(20)34-5)24(31)26-25-23(30)18-8-6-17(7-9-18)13-28-16(4)22(29(32)33)15(3)27-28/h6-12,14H,13H2,1-5H3,(H,25,30)(H,26,31). The van der Waals surface area contributed by atoms with Gasteiger partial charge in [-0.3, -0.25) is 35.2 Å². The summed E-state index contributed by atoms with van der Waals surface area (Å²) >= 11 is 0. The van der Waals surface area contributed by atoms with E-state index in [-0.39, 0.29) is 17.4 Å². The monoisotopic (exact) mass is 481 g/mol. The molecular weight excluding hydrogens is 454 g/mol. The van der Waals surface area contributed by atoms with Gasteiger partial charge in [0.15, 0.2) is 11.5 Å². The first kappa shape index (κ1) is 25.2. The molecule has 3 rings (SSSR count). The number of methoxy groups -OCH3 is 1. The zero-order valence-electron chi connectivity index (χ0n) is 20.1. The number of hydrogen-bond acceptors (Lipinski definition) is 7. The van der Waals surface area contributed by atoms with Gasteiger partial charge in [-0.05, 0) is 63.6 Å². The topological polar surface area (TPSA) is 138 Å². The van der Waals surface area contributed by atoms with Crippen LogP contribution in [0, 0.1) is 24.0 Å². The van der Waals surface area contributed by atoms with Gasteiger partial charge < -0.3 is 9.47 Å². The lowest BCUT2D eigenvalue weighted by atomic mass is 10.1. The highest BCUT2D eigenvalue weighted by molar-refractivity contribution is 5.99. The molecule has 3 aromatic rings. The quantitative estimate of drug-likeness (QED) is 0.372. The number of aryl methyl sites for hydroxylation is 1. The summed E-state index contributed by atoms with van der Waals surface area (Å²) in [6.07, 6.45) is -0.0551. The molecule has 2 N–H and O–H groups in total. The summed E-state index contributed by atoms with van der Waals surface area (Å²) in [6.45, 7) is 7.31. The number of carbonyl (C=O) groups is 2. The first-order valence-electron chi connectivity index (χ1n) is 10.8. The molecule has 0 aliphatic carbocycles. The molecule has 0 unspecified atom stereocenters. The Bertz CT molecular complexity index is 1250. The van der Waals surface area contributed by atoms with Crippen LogP contribution in [0.5, 0.6) is 11.5 Å². The minimum absolute atomic E-state index is 0.00329. The number of hydrazine groups is 1. The fourth-order valence-corrected chi connectivity index (χ4v) is 3.46. The number of carbonyl (C=O) groups excluding carboxylic acids is 2. The highest BCUT2D eigenvalue weighted by Crippen LogP contribution is 2.29. The minimum Gasteiger partial charge on any atom is -0.493 e. The Morgan fingerprint density at radius 2 is 1.63 bits per heavy atom.